The zero-order chi connectivity index (χ0) is 7.82. The van der Waals surface area contributed by atoms with E-state index in [1.165, 1.54) is 25.9 Å². The highest BCUT2D eigenvalue weighted by Gasteiger charge is 1.91. The topological polar surface area (TPSA) is 16.5 Å². The molecule has 0 aliphatic rings. The summed E-state index contributed by atoms with van der Waals surface area (Å²) in [5.41, 5.74) is 0. The lowest BCUT2D eigenvalue weighted by Crippen LogP contribution is -3.05. The van der Waals surface area contributed by atoms with Gasteiger partial charge in [-0.1, -0.05) is 6.92 Å². The molecule has 0 fully saturated rings. The summed E-state index contributed by atoms with van der Waals surface area (Å²) in [6.45, 7) is 5.74. The predicted molar refractivity (Wildman–Crippen MR) is 45.5 cm³/mol. The Hall–Kier alpha value is -0.0800. The van der Waals surface area contributed by atoms with Crippen LogP contribution < -0.4 is 10.2 Å². The molecule has 0 spiro atoms. The third-order valence-corrected chi connectivity index (χ3v) is 1.53. The normalized spacial score (nSPS) is 10.8. The second-order valence-corrected chi connectivity index (χ2v) is 3.02. The highest BCUT2D eigenvalue weighted by molar-refractivity contribution is 4.42. The molecule has 0 unspecified atom stereocenters. The minimum Gasteiger partial charge on any atom is -0.340 e. The lowest BCUT2D eigenvalue weighted by atomic mass is 10.3. The van der Waals surface area contributed by atoms with E-state index in [1.54, 1.807) is 4.90 Å². The second kappa shape index (κ2) is 7.03. The molecule has 0 aromatic heterocycles. The van der Waals surface area contributed by atoms with Crippen LogP contribution in [0.25, 0.3) is 0 Å². The van der Waals surface area contributed by atoms with E-state index in [4.69, 9.17) is 0 Å². The van der Waals surface area contributed by atoms with E-state index in [2.05, 4.69) is 26.3 Å². The van der Waals surface area contributed by atoms with E-state index in [9.17, 15) is 0 Å². The summed E-state index contributed by atoms with van der Waals surface area (Å²) in [6, 6.07) is 0. The Morgan fingerprint density at radius 2 is 1.90 bits per heavy atom. The summed E-state index contributed by atoms with van der Waals surface area (Å²) >= 11 is 0. The fraction of sp³-hybridized carbons (Fsp3) is 1.00. The van der Waals surface area contributed by atoms with Gasteiger partial charge in [0.25, 0.3) is 0 Å². The van der Waals surface area contributed by atoms with Crippen LogP contribution in [0.15, 0.2) is 0 Å². The van der Waals surface area contributed by atoms with Crippen LogP contribution in [0.5, 0.6) is 0 Å². The summed E-state index contributed by atoms with van der Waals surface area (Å²) in [5.74, 6) is 0. The first kappa shape index (κ1) is 9.92. The van der Waals surface area contributed by atoms with E-state index < -0.39 is 0 Å². The number of rotatable bonds is 6. The average molecular weight is 145 g/mol. The molecule has 0 aliphatic carbocycles. The molecule has 0 bridgehead atoms. The van der Waals surface area contributed by atoms with Crippen LogP contribution in [-0.2, 0) is 0 Å². The van der Waals surface area contributed by atoms with Crippen LogP contribution in [0.4, 0.5) is 0 Å². The smallest absolute Gasteiger partial charge is 0.0767 e. The summed E-state index contributed by atoms with van der Waals surface area (Å²) in [4.78, 5) is 1.55. The molecule has 0 saturated carbocycles. The van der Waals surface area contributed by atoms with Crippen molar-refractivity contribution in [1.82, 2.24) is 5.32 Å². The van der Waals surface area contributed by atoms with Crippen molar-refractivity contribution in [3.05, 3.63) is 0 Å². The van der Waals surface area contributed by atoms with Gasteiger partial charge in [0, 0.05) is 0 Å². The fourth-order valence-electron chi connectivity index (χ4n) is 0.905. The molecule has 0 saturated heterocycles. The van der Waals surface area contributed by atoms with Gasteiger partial charge in [0.1, 0.15) is 0 Å². The van der Waals surface area contributed by atoms with Crippen molar-refractivity contribution in [2.24, 2.45) is 0 Å². The van der Waals surface area contributed by atoms with Gasteiger partial charge >= 0.3 is 0 Å². The summed E-state index contributed by atoms with van der Waals surface area (Å²) < 4.78 is 0. The lowest BCUT2D eigenvalue weighted by Gasteiger charge is -2.06. The molecular weight excluding hydrogens is 124 g/mol. The first-order valence-electron chi connectivity index (χ1n) is 4.27. The van der Waals surface area contributed by atoms with Crippen LogP contribution in [-0.4, -0.2) is 33.7 Å². The molecule has 0 rings (SSSR count). The minimum atomic E-state index is 1.11. The van der Waals surface area contributed by atoms with Crippen molar-refractivity contribution in [2.75, 3.05) is 33.7 Å². The van der Waals surface area contributed by atoms with Crippen molar-refractivity contribution in [3.63, 3.8) is 0 Å². The largest absolute Gasteiger partial charge is 0.340 e. The van der Waals surface area contributed by atoms with E-state index in [0.717, 1.165) is 6.54 Å². The Labute approximate surface area is 64.6 Å². The quantitative estimate of drug-likeness (QED) is 0.483. The average Bonchev–Trinajstić information content (AvgIpc) is 1.87. The molecule has 0 aromatic rings. The van der Waals surface area contributed by atoms with Crippen LogP contribution in [0.3, 0.4) is 0 Å². The Morgan fingerprint density at radius 3 is 2.40 bits per heavy atom. The minimum absolute atomic E-state index is 1.11. The van der Waals surface area contributed by atoms with Crippen molar-refractivity contribution < 1.29 is 4.90 Å². The molecule has 0 aliphatic heterocycles. The Morgan fingerprint density at radius 1 is 1.20 bits per heavy atom. The Balaban J connectivity index is 2.77. The van der Waals surface area contributed by atoms with Crippen molar-refractivity contribution in [2.45, 2.75) is 19.8 Å². The van der Waals surface area contributed by atoms with Gasteiger partial charge in [-0.25, -0.2) is 0 Å². The van der Waals surface area contributed by atoms with Crippen molar-refractivity contribution in [1.29, 1.82) is 0 Å². The van der Waals surface area contributed by atoms with E-state index >= 15 is 0 Å². The van der Waals surface area contributed by atoms with Gasteiger partial charge in [-0.2, -0.15) is 0 Å². The van der Waals surface area contributed by atoms with Gasteiger partial charge in [0.2, 0.25) is 0 Å². The van der Waals surface area contributed by atoms with Crippen LogP contribution >= 0.6 is 0 Å². The molecule has 10 heavy (non-hydrogen) atoms. The first-order chi connectivity index (χ1) is 4.77. The van der Waals surface area contributed by atoms with E-state index in [1.807, 2.05) is 0 Å². The van der Waals surface area contributed by atoms with Gasteiger partial charge < -0.3 is 10.2 Å². The third kappa shape index (κ3) is 7.92. The molecule has 0 aromatic carbocycles. The summed E-state index contributed by atoms with van der Waals surface area (Å²) in [5, 5.41) is 3.31. The van der Waals surface area contributed by atoms with Gasteiger partial charge in [-0.3, -0.25) is 0 Å². The SMILES string of the molecule is CCNCCCC[NH+](C)C. The highest BCUT2D eigenvalue weighted by atomic mass is 15.0. The second-order valence-electron chi connectivity index (χ2n) is 3.02. The monoisotopic (exact) mass is 145 g/mol. The molecule has 0 heterocycles. The van der Waals surface area contributed by atoms with Crippen LogP contribution in [0.2, 0.25) is 0 Å². The number of quaternary nitrogens is 1. The highest BCUT2D eigenvalue weighted by Crippen LogP contribution is 1.80. The Bertz CT molecular complexity index is 62.3. The number of hydrogen-bond donors (Lipinski definition) is 2. The van der Waals surface area contributed by atoms with Crippen LogP contribution in [0, 0.1) is 0 Å². The predicted octanol–water partition coefficient (Wildman–Crippen LogP) is -0.479. The molecule has 62 valence electrons. The van der Waals surface area contributed by atoms with Crippen molar-refractivity contribution >= 4 is 0 Å². The van der Waals surface area contributed by atoms with E-state index in [0.29, 0.717) is 0 Å². The zero-order valence-corrected chi connectivity index (χ0v) is 7.54. The third-order valence-electron chi connectivity index (χ3n) is 1.53. The number of hydrogen-bond acceptors (Lipinski definition) is 1. The molecule has 2 heteroatoms. The van der Waals surface area contributed by atoms with E-state index in [-0.39, 0.29) is 0 Å². The molecule has 0 amide bonds. The van der Waals surface area contributed by atoms with Crippen LogP contribution in [0.1, 0.15) is 19.8 Å². The molecule has 2 nitrogen and oxygen atoms in total. The first-order valence-corrected chi connectivity index (χ1v) is 4.27. The zero-order valence-electron chi connectivity index (χ0n) is 7.54. The standard InChI is InChI=1S/C8H20N2/c1-4-9-7-5-6-8-10(2)3/h9H,4-8H2,1-3H3/p+1. The Kier molecular flexibility index (Phi) is 6.98. The van der Waals surface area contributed by atoms with Gasteiger partial charge in [-0.05, 0) is 25.9 Å². The van der Waals surface area contributed by atoms with Gasteiger partial charge in [0.05, 0.1) is 20.6 Å². The summed E-state index contributed by atoms with van der Waals surface area (Å²) in [6.07, 6.45) is 2.66. The number of unbranched alkanes of at least 4 members (excludes halogenated alkanes) is 1. The maximum absolute atomic E-state index is 3.31. The van der Waals surface area contributed by atoms with Gasteiger partial charge in [-0.15, -0.1) is 0 Å². The maximum Gasteiger partial charge on any atom is 0.0767 e. The molecule has 0 radical (unpaired) electrons. The molecule has 2 N–H and O–H groups in total. The lowest BCUT2D eigenvalue weighted by molar-refractivity contribution is -0.858. The van der Waals surface area contributed by atoms with Crippen molar-refractivity contribution in [3.8, 4) is 0 Å². The summed E-state index contributed by atoms with van der Waals surface area (Å²) in [7, 11) is 4.40. The maximum atomic E-state index is 3.31. The molecule has 0 atom stereocenters. The fourth-order valence-corrected chi connectivity index (χ4v) is 0.905. The molecular formula is C8H21N2+. The number of nitrogens with one attached hydrogen (secondary N) is 2. The van der Waals surface area contributed by atoms with Gasteiger partial charge in [0.15, 0.2) is 0 Å².